The van der Waals surface area contributed by atoms with Crippen molar-refractivity contribution in [2.24, 2.45) is 0 Å². The molecule has 0 spiro atoms. The molecular formula is C14H20Cl2FNO. The maximum absolute atomic E-state index is 13.4. The molecule has 1 unspecified atom stereocenters. The summed E-state index contributed by atoms with van der Waals surface area (Å²) in [6.07, 6.45) is 2.20. The van der Waals surface area contributed by atoms with Gasteiger partial charge in [-0.1, -0.05) is 36.5 Å². The molecule has 0 bridgehead atoms. The molecule has 0 fully saturated rings. The van der Waals surface area contributed by atoms with E-state index in [1.54, 1.807) is 0 Å². The minimum atomic E-state index is -0.450. The van der Waals surface area contributed by atoms with Crippen LogP contribution in [-0.4, -0.2) is 19.8 Å². The van der Waals surface area contributed by atoms with Gasteiger partial charge < -0.3 is 10.1 Å². The van der Waals surface area contributed by atoms with Crippen LogP contribution in [0.4, 0.5) is 4.39 Å². The van der Waals surface area contributed by atoms with E-state index in [0.29, 0.717) is 23.7 Å². The lowest BCUT2D eigenvalue weighted by Gasteiger charge is -2.16. The largest absolute Gasteiger partial charge is 0.380 e. The topological polar surface area (TPSA) is 21.3 Å². The molecule has 1 atom stereocenters. The highest BCUT2D eigenvalue weighted by Gasteiger charge is 2.12. The second-order valence-electron chi connectivity index (χ2n) is 4.43. The van der Waals surface area contributed by atoms with E-state index in [9.17, 15) is 4.39 Å². The third-order valence-electron chi connectivity index (χ3n) is 2.85. The number of benzene rings is 1. The fraction of sp³-hybridized carbons (Fsp3) is 0.571. The van der Waals surface area contributed by atoms with Gasteiger partial charge in [0.2, 0.25) is 0 Å². The lowest BCUT2D eigenvalue weighted by Crippen LogP contribution is -2.23. The van der Waals surface area contributed by atoms with Crippen molar-refractivity contribution in [3.8, 4) is 0 Å². The van der Waals surface area contributed by atoms with Crippen molar-refractivity contribution in [1.29, 1.82) is 0 Å². The average Bonchev–Trinajstić information content (AvgIpc) is 2.37. The zero-order valence-electron chi connectivity index (χ0n) is 11.3. The van der Waals surface area contributed by atoms with E-state index in [1.807, 2.05) is 6.92 Å². The maximum Gasteiger partial charge on any atom is 0.142 e. The van der Waals surface area contributed by atoms with E-state index < -0.39 is 5.82 Å². The molecule has 0 amide bonds. The zero-order chi connectivity index (χ0) is 14.3. The normalized spacial score (nSPS) is 12.7. The van der Waals surface area contributed by atoms with Gasteiger partial charge in [-0.05, 0) is 31.0 Å². The molecule has 5 heteroatoms. The molecule has 0 aliphatic heterocycles. The highest BCUT2D eigenvalue weighted by molar-refractivity contribution is 6.35. The summed E-state index contributed by atoms with van der Waals surface area (Å²) in [6.45, 7) is 6.17. The van der Waals surface area contributed by atoms with Gasteiger partial charge in [-0.2, -0.15) is 0 Å². The van der Waals surface area contributed by atoms with Gasteiger partial charge in [0, 0.05) is 24.2 Å². The van der Waals surface area contributed by atoms with Crippen LogP contribution in [0.3, 0.4) is 0 Å². The third kappa shape index (κ3) is 5.65. The van der Waals surface area contributed by atoms with E-state index in [1.165, 1.54) is 12.1 Å². The molecule has 2 nitrogen and oxygen atoms in total. The Morgan fingerprint density at radius 2 is 2.00 bits per heavy atom. The first-order valence-electron chi connectivity index (χ1n) is 6.51. The Morgan fingerprint density at radius 3 is 2.68 bits per heavy atom. The number of hydrogen-bond donors (Lipinski definition) is 1. The van der Waals surface area contributed by atoms with Crippen molar-refractivity contribution in [3.63, 3.8) is 0 Å². The summed E-state index contributed by atoms with van der Waals surface area (Å²) < 4.78 is 18.8. The van der Waals surface area contributed by atoms with Crippen LogP contribution >= 0.6 is 23.2 Å². The Hall–Kier alpha value is -0.350. The monoisotopic (exact) mass is 307 g/mol. The molecule has 108 valence electrons. The molecule has 0 aliphatic carbocycles. The fourth-order valence-corrected chi connectivity index (χ4v) is 2.22. The molecular weight excluding hydrogens is 288 g/mol. The van der Waals surface area contributed by atoms with Gasteiger partial charge in [0.15, 0.2) is 0 Å². The number of hydrogen-bond acceptors (Lipinski definition) is 2. The van der Waals surface area contributed by atoms with Crippen LogP contribution in [-0.2, 0) is 4.74 Å². The van der Waals surface area contributed by atoms with Crippen molar-refractivity contribution < 1.29 is 9.13 Å². The molecule has 1 aromatic rings. The number of unbranched alkanes of at least 4 members (excludes halogenated alkanes) is 1. The summed E-state index contributed by atoms with van der Waals surface area (Å²) in [5.41, 5.74) is 0.706. The quantitative estimate of drug-likeness (QED) is 0.560. The van der Waals surface area contributed by atoms with Gasteiger partial charge in [-0.15, -0.1) is 0 Å². The Bertz CT molecular complexity index is 401. The lowest BCUT2D eigenvalue weighted by atomic mass is 10.1. The van der Waals surface area contributed by atoms with Gasteiger partial charge in [0.05, 0.1) is 11.6 Å². The smallest absolute Gasteiger partial charge is 0.142 e. The second-order valence-corrected chi connectivity index (χ2v) is 5.24. The first kappa shape index (κ1) is 16.7. The standard InChI is InChI=1S/C14H20Cl2FNO/c1-3-4-6-19-7-5-18-10(2)11-8-14(17)13(16)9-12(11)15/h8-10,18H,3-7H2,1-2H3. The third-order valence-corrected chi connectivity index (χ3v) is 3.46. The van der Waals surface area contributed by atoms with Crippen LogP contribution in [0.5, 0.6) is 0 Å². The number of rotatable bonds is 8. The van der Waals surface area contributed by atoms with Crippen LogP contribution in [0.1, 0.15) is 38.3 Å². The first-order chi connectivity index (χ1) is 9.06. The van der Waals surface area contributed by atoms with Crippen molar-refractivity contribution >= 4 is 23.2 Å². The Kier molecular flexibility index (Phi) is 7.69. The van der Waals surface area contributed by atoms with Crippen molar-refractivity contribution in [3.05, 3.63) is 33.6 Å². The van der Waals surface area contributed by atoms with Gasteiger partial charge in [0.1, 0.15) is 5.82 Å². The summed E-state index contributed by atoms with van der Waals surface area (Å²) >= 11 is 11.7. The van der Waals surface area contributed by atoms with Gasteiger partial charge in [0.25, 0.3) is 0 Å². The van der Waals surface area contributed by atoms with E-state index in [4.69, 9.17) is 27.9 Å². The zero-order valence-corrected chi connectivity index (χ0v) is 12.8. The lowest BCUT2D eigenvalue weighted by molar-refractivity contribution is 0.131. The highest BCUT2D eigenvalue weighted by atomic mass is 35.5. The molecule has 1 N–H and O–H groups in total. The highest BCUT2D eigenvalue weighted by Crippen LogP contribution is 2.28. The van der Waals surface area contributed by atoms with Gasteiger partial charge >= 0.3 is 0 Å². The van der Waals surface area contributed by atoms with Crippen LogP contribution < -0.4 is 5.32 Å². The van der Waals surface area contributed by atoms with Crippen LogP contribution in [0.2, 0.25) is 10.0 Å². The van der Waals surface area contributed by atoms with Crippen molar-refractivity contribution in [2.45, 2.75) is 32.7 Å². The molecule has 0 heterocycles. The molecule has 19 heavy (non-hydrogen) atoms. The van der Waals surface area contributed by atoms with Crippen molar-refractivity contribution in [1.82, 2.24) is 5.32 Å². The molecule has 0 saturated heterocycles. The molecule has 0 aromatic heterocycles. The second kappa shape index (κ2) is 8.75. The summed E-state index contributed by atoms with van der Waals surface area (Å²) in [7, 11) is 0. The van der Waals surface area contributed by atoms with E-state index in [2.05, 4.69) is 12.2 Å². The van der Waals surface area contributed by atoms with Gasteiger partial charge in [-0.3, -0.25) is 0 Å². The average molecular weight is 308 g/mol. The molecule has 1 rings (SSSR count). The molecule has 1 aromatic carbocycles. The van der Waals surface area contributed by atoms with Crippen LogP contribution in [0, 0.1) is 5.82 Å². The van der Waals surface area contributed by atoms with Crippen molar-refractivity contribution in [2.75, 3.05) is 19.8 Å². The summed E-state index contributed by atoms with van der Waals surface area (Å²) in [5, 5.41) is 3.76. The summed E-state index contributed by atoms with van der Waals surface area (Å²) in [6, 6.07) is 2.76. The number of ether oxygens (including phenoxy) is 1. The van der Waals surface area contributed by atoms with E-state index >= 15 is 0 Å². The minimum Gasteiger partial charge on any atom is -0.380 e. The number of nitrogens with one attached hydrogen (secondary N) is 1. The molecule has 0 saturated carbocycles. The van der Waals surface area contributed by atoms with Gasteiger partial charge in [-0.25, -0.2) is 4.39 Å². The minimum absolute atomic E-state index is 0.0452. The molecule has 0 radical (unpaired) electrons. The summed E-state index contributed by atoms with van der Waals surface area (Å²) in [4.78, 5) is 0. The predicted molar refractivity (Wildman–Crippen MR) is 78.6 cm³/mol. The maximum atomic E-state index is 13.4. The molecule has 0 aliphatic rings. The Morgan fingerprint density at radius 1 is 1.26 bits per heavy atom. The summed E-state index contributed by atoms with van der Waals surface area (Å²) in [5.74, 6) is -0.450. The SMILES string of the molecule is CCCCOCCNC(C)c1cc(F)c(Cl)cc1Cl. The first-order valence-corrected chi connectivity index (χ1v) is 7.27. The number of halogens is 3. The fourth-order valence-electron chi connectivity index (χ4n) is 1.68. The van der Waals surface area contributed by atoms with E-state index in [-0.39, 0.29) is 11.1 Å². The van der Waals surface area contributed by atoms with Crippen LogP contribution in [0.15, 0.2) is 12.1 Å². The Labute approximate surface area is 124 Å². The van der Waals surface area contributed by atoms with Crippen LogP contribution in [0.25, 0.3) is 0 Å². The predicted octanol–water partition coefficient (Wildman–Crippen LogP) is 4.60. The van der Waals surface area contributed by atoms with E-state index in [0.717, 1.165) is 19.4 Å². The Balaban J connectivity index is 2.41.